The van der Waals surface area contributed by atoms with E-state index in [4.69, 9.17) is 9.47 Å². The van der Waals surface area contributed by atoms with Gasteiger partial charge >= 0.3 is 0 Å². The summed E-state index contributed by atoms with van der Waals surface area (Å²) in [4.78, 5) is 17.7. The third-order valence-corrected chi connectivity index (χ3v) is 4.80. The first-order valence-corrected chi connectivity index (χ1v) is 9.39. The van der Waals surface area contributed by atoms with Crippen LogP contribution in [0, 0.1) is 11.6 Å². The molecule has 0 bridgehead atoms. The summed E-state index contributed by atoms with van der Waals surface area (Å²) < 4.78 is 39.9. The molecule has 0 saturated heterocycles. The summed E-state index contributed by atoms with van der Waals surface area (Å²) in [6.45, 7) is 0. The lowest BCUT2D eigenvalue weighted by Crippen LogP contribution is -2.23. The maximum atomic E-state index is 14.6. The van der Waals surface area contributed by atoms with Crippen LogP contribution < -0.4 is 15.0 Å². The lowest BCUT2D eigenvalue weighted by molar-refractivity contribution is 0.354. The van der Waals surface area contributed by atoms with E-state index in [1.54, 1.807) is 54.6 Å². The Morgan fingerprint density at radius 3 is 2.48 bits per heavy atom. The Kier molecular flexibility index (Phi) is 5.49. The van der Waals surface area contributed by atoms with Gasteiger partial charge in [0.15, 0.2) is 11.5 Å². The predicted octanol–water partition coefficient (Wildman–Crippen LogP) is 4.85. The molecule has 0 unspecified atom stereocenters. The molecule has 1 aromatic heterocycles. The van der Waals surface area contributed by atoms with Gasteiger partial charge in [-0.15, -0.1) is 0 Å². The highest BCUT2D eigenvalue weighted by Crippen LogP contribution is 2.32. The quantitative estimate of drug-likeness (QED) is 0.463. The Bertz CT molecular complexity index is 1360. The second-order valence-electron chi connectivity index (χ2n) is 6.64. The minimum Gasteiger partial charge on any atom is -0.493 e. The van der Waals surface area contributed by atoms with Crippen LogP contribution in [0.4, 0.5) is 8.78 Å². The van der Waals surface area contributed by atoms with Crippen LogP contribution in [0.25, 0.3) is 28.7 Å². The van der Waals surface area contributed by atoms with E-state index in [0.29, 0.717) is 28.0 Å². The van der Waals surface area contributed by atoms with Gasteiger partial charge in [-0.2, -0.15) is 0 Å². The normalized spacial score (nSPS) is 11.2. The zero-order valence-corrected chi connectivity index (χ0v) is 16.8. The molecule has 5 nitrogen and oxygen atoms in total. The van der Waals surface area contributed by atoms with E-state index in [2.05, 4.69) is 4.98 Å². The monoisotopic (exact) mass is 420 g/mol. The average Bonchev–Trinajstić information content (AvgIpc) is 2.78. The molecule has 7 heteroatoms. The van der Waals surface area contributed by atoms with Gasteiger partial charge in [-0.3, -0.25) is 9.36 Å². The SMILES string of the molecule is COc1cccc(/C=C/c2nc3ccccc3c(=O)n2-c2ccc(F)cc2F)c1OC. The zero-order valence-electron chi connectivity index (χ0n) is 16.8. The summed E-state index contributed by atoms with van der Waals surface area (Å²) in [5.41, 5.74) is 0.578. The number of benzene rings is 3. The van der Waals surface area contributed by atoms with E-state index in [-0.39, 0.29) is 11.5 Å². The zero-order chi connectivity index (χ0) is 22.0. The molecule has 0 amide bonds. The number of rotatable bonds is 5. The Morgan fingerprint density at radius 1 is 0.935 bits per heavy atom. The van der Waals surface area contributed by atoms with Crippen LogP contribution in [0.15, 0.2) is 65.5 Å². The van der Waals surface area contributed by atoms with Crippen molar-refractivity contribution in [3.8, 4) is 17.2 Å². The Morgan fingerprint density at radius 2 is 1.74 bits per heavy atom. The fraction of sp³-hybridized carbons (Fsp3) is 0.0833. The number of hydrogen-bond donors (Lipinski definition) is 0. The van der Waals surface area contributed by atoms with Gasteiger partial charge in [0.25, 0.3) is 5.56 Å². The average molecular weight is 420 g/mol. The van der Waals surface area contributed by atoms with Crippen molar-refractivity contribution in [2.45, 2.75) is 0 Å². The molecule has 0 spiro atoms. The molecule has 3 aromatic carbocycles. The highest BCUT2D eigenvalue weighted by atomic mass is 19.1. The third kappa shape index (κ3) is 3.77. The molecule has 0 radical (unpaired) electrons. The number of ether oxygens (including phenoxy) is 2. The number of para-hydroxylation sites is 2. The van der Waals surface area contributed by atoms with E-state index in [1.165, 1.54) is 20.3 Å². The second kappa shape index (κ2) is 8.39. The first-order chi connectivity index (χ1) is 15.0. The third-order valence-electron chi connectivity index (χ3n) is 4.80. The molecule has 4 rings (SSSR count). The molecule has 1 heterocycles. The molecule has 0 aliphatic rings. The number of nitrogens with zero attached hydrogens (tertiary/aromatic N) is 2. The summed E-state index contributed by atoms with van der Waals surface area (Å²) in [7, 11) is 3.05. The van der Waals surface area contributed by atoms with Crippen LogP contribution >= 0.6 is 0 Å². The Labute approximate surface area is 176 Å². The van der Waals surface area contributed by atoms with Crippen LogP contribution in [-0.4, -0.2) is 23.8 Å². The number of fused-ring (bicyclic) bond motifs is 1. The van der Waals surface area contributed by atoms with E-state index < -0.39 is 17.2 Å². The lowest BCUT2D eigenvalue weighted by Gasteiger charge is -2.13. The molecular weight excluding hydrogens is 402 g/mol. The van der Waals surface area contributed by atoms with Crippen LogP contribution in [0.2, 0.25) is 0 Å². The molecule has 0 aliphatic carbocycles. The van der Waals surface area contributed by atoms with Crippen LogP contribution in [0.3, 0.4) is 0 Å². The fourth-order valence-corrected chi connectivity index (χ4v) is 3.36. The van der Waals surface area contributed by atoms with E-state index in [0.717, 1.165) is 16.7 Å². The molecule has 0 atom stereocenters. The molecule has 0 saturated carbocycles. The second-order valence-corrected chi connectivity index (χ2v) is 6.64. The van der Waals surface area contributed by atoms with Crippen molar-refractivity contribution in [3.05, 3.63) is 94.0 Å². The van der Waals surface area contributed by atoms with E-state index >= 15 is 0 Å². The smallest absolute Gasteiger partial charge is 0.266 e. The summed E-state index contributed by atoms with van der Waals surface area (Å²) in [5.74, 6) is -0.380. The number of aromatic nitrogens is 2. The van der Waals surface area contributed by atoms with Crippen molar-refractivity contribution in [2.75, 3.05) is 14.2 Å². The molecule has 0 N–H and O–H groups in total. The van der Waals surface area contributed by atoms with Gasteiger partial charge in [0.2, 0.25) is 0 Å². The van der Waals surface area contributed by atoms with Crippen molar-refractivity contribution in [1.29, 1.82) is 0 Å². The molecule has 156 valence electrons. The van der Waals surface area contributed by atoms with Crippen molar-refractivity contribution in [1.82, 2.24) is 9.55 Å². The minimum absolute atomic E-state index is 0.0955. The molecule has 4 aromatic rings. The first kappa shape index (κ1) is 20.3. The van der Waals surface area contributed by atoms with Crippen molar-refractivity contribution in [3.63, 3.8) is 0 Å². The highest BCUT2D eigenvalue weighted by Gasteiger charge is 2.15. The number of hydrogen-bond acceptors (Lipinski definition) is 4. The maximum absolute atomic E-state index is 14.6. The lowest BCUT2D eigenvalue weighted by atomic mass is 10.1. The van der Waals surface area contributed by atoms with Crippen LogP contribution in [0.1, 0.15) is 11.4 Å². The van der Waals surface area contributed by atoms with Crippen molar-refractivity contribution in [2.24, 2.45) is 0 Å². The Hall–Kier alpha value is -4.00. The van der Waals surface area contributed by atoms with Gasteiger partial charge in [-0.05, 0) is 42.5 Å². The number of halogens is 2. The van der Waals surface area contributed by atoms with Gasteiger partial charge in [0, 0.05) is 11.6 Å². The van der Waals surface area contributed by atoms with Crippen LogP contribution in [0.5, 0.6) is 11.5 Å². The predicted molar refractivity (Wildman–Crippen MR) is 116 cm³/mol. The summed E-state index contributed by atoms with van der Waals surface area (Å²) in [6, 6.07) is 15.2. The van der Waals surface area contributed by atoms with Gasteiger partial charge < -0.3 is 9.47 Å². The largest absolute Gasteiger partial charge is 0.493 e. The molecule has 0 fully saturated rings. The van der Waals surface area contributed by atoms with E-state index in [1.807, 2.05) is 0 Å². The van der Waals surface area contributed by atoms with Crippen molar-refractivity contribution < 1.29 is 18.3 Å². The minimum atomic E-state index is -0.868. The first-order valence-electron chi connectivity index (χ1n) is 9.39. The van der Waals surface area contributed by atoms with E-state index in [9.17, 15) is 13.6 Å². The number of methoxy groups -OCH3 is 2. The topological polar surface area (TPSA) is 53.3 Å². The molecular formula is C24H18F2N2O3. The Balaban J connectivity index is 1.96. The summed E-state index contributed by atoms with van der Waals surface area (Å²) in [5, 5.41) is 0.322. The maximum Gasteiger partial charge on any atom is 0.266 e. The standard InChI is InChI=1S/C24H18F2N2O3/c1-30-21-9-5-6-15(23(21)31-2)10-13-22-27-19-8-4-3-7-17(19)24(29)28(22)20-12-11-16(25)14-18(20)26/h3-14H,1-2H3/b13-10+. The van der Waals surface area contributed by atoms with Crippen LogP contribution in [-0.2, 0) is 0 Å². The van der Waals surface area contributed by atoms with Gasteiger partial charge in [0.1, 0.15) is 17.5 Å². The highest BCUT2D eigenvalue weighted by molar-refractivity contribution is 5.80. The summed E-state index contributed by atoms with van der Waals surface area (Å²) in [6.07, 6.45) is 3.27. The molecule has 31 heavy (non-hydrogen) atoms. The van der Waals surface area contributed by atoms with Crippen molar-refractivity contribution >= 4 is 23.1 Å². The van der Waals surface area contributed by atoms with Gasteiger partial charge in [-0.25, -0.2) is 13.8 Å². The molecule has 0 aliphatic heterocycles. The fourth-order valence-electron chi connectivity index (χ4n) is 3.36. The van der Waals surface area contributed by atoms with Gasteiger partial charge in [0.05, 0.1) is 30.8 Å². The summed E-state index contributed by atoms with van der Waals surface area (Å²) >= 11 is 0. The van der Waals surface area contributed by atoms with Gasteiger partial charge in [-0.1, -0.05) is 24.3 Å².